The normalized spacial score (nSPS) is 17.7. The van der Waals surface area contributed by atoms with Crippen LogP contribution in [-0.2, 0) is 4.79 Å². The van der Waals surface area contributed by atoms with Crippen molar-refractivity contribution < 1.29 is 9.53 Å². The van der Waals surface area contributed by atoms with Crippen molar-refractivity contribution in [2.24, 2.45) is 11.8 Å². The highest BCUT2D eigenvalue weighted by atomic mass is 16.5. The van der Waals surface area contributed by atoms with E-state index in [1.807, 2.05) is 30.3 Å². The first-order chi connectivity index (χ1) is 12.8. The second kappa shape index (κ2) is 7.83. The zero-order chi connectivity index (χ0) is 17.8. The minimum Gasteiger partial charge on any atom is -0.493 e. The Balaban J connectivity index is 1.49. The minimum atomic E-state index is 0.0365. The molecular weight excluding hydrogens is 328 g/mol. The van der Waals surface area contributed by atoms with Crippen LogP contribution < -0.4 is 15.4 Å². The highest BCUT2D eigenvalue weighted by Crippen LogP contribution is 2.33. The van der Waals surface area contributed by atoms with Gasteiger partial charge in [-0.2, -0.15) is 0 Å². The Morgan fingerprint density at radius 1 is 1.15 bits per heavy atom. The number of rotatable bonds is 6. The lowest BCUT2D eigenvalue weighted by Crippen LogP contribution is -2.34. The van der Waals surface area contributed by atoms with Gasteiger partial charge in [-0.05, 0) is 56.8 Å². The summed E-state index contributed by atoms with van der Waals surface area (Å²) >= 11 is 0. The van der Waals surface area contributed by atoms with Crippen molar-refractivity contribution in [1.82, 2.24) is 15.3 Å². The summed E-state index contributed by atoms with van der Waals surface area (Å²) in [6, 6.07) is 9.70. The van der Waals surface area contributed by atoms with E-state index in [2.05, 4.69) is 20.6 Å². The topological polar surface area (TPSA) is 76.1 Å². The van der Waals surface area contributed by atoms with Crippen molar-refractivity contribution in [2.45, 2.75) is 25.7 Å². The number of nitrogens with zero attached hydrogens (tertiary/aromatic N) is 2. The Morgan fingerprint density at radius 3 is 2.77 bits per heavy atom. The second-order valence-electron chi connectivity index (χ2n) is 7.05. The Morgan fingerprint density at radius 2 is 1.96 bits per heavy atom. The summed E-state index contributed by atoms with van der Waals surface area (Å²) in [4.78, 5) is 21.0. The molecule has 6 nitrogen and oxygen atoms in total. The van der Waals surface area contributed by atoms with E-state index in [0.29, 0.717) is 11.7 Å². The highest BCUT2D eigenvalue weighted by Gasteiger charge is 2.23. The fourth-order valence-corrected chi connectivity index (χ4v) is 3.18. The second-order valence-corrected chi connectivity index (χ2v) is 7.05. The van der Waals surface area contributed by atoms with Crippen LogP contribution in [-0.4, -0.2) is 35.6 Å². The van der Waals surface area contributed by atoms with E-state index in [9.17, 15) is 4.79 Å². The van der Waals surface area contributed by atoms with Gasteiger partial charge >= 0.3 is 0 Å². The Kier molecular flexibility index (Phi) is 5.11. The lowest BCUT2D eigenvalue weighted by Gasteiger charge is -2.21. The van der Waals surface area contributed by atoms with E-state index in [1.54, 1.807) is 0 Å². The minimum absolute atomic E-state index is 0.0365. The standard InChI is InChI=1S/C20H24N4O2/c25-20(15-7-9-21-10-8-15)24-19-11-17(22-13-23-19)16-3-1-2-4-18(16)26-12-14-5-6-14/h1-4,11,13-15,21H,5-10,12H2,(H,22,23,24,25). The predicted octanol–water partition coefficient (Wildman–Crippen LogP) is 2.87. The van der Waals surface area contributed by atoms with E-state index in [-0.39, 0.29) is 11.8 Å². The molecule has 1 aliphatic heterocycles. The number of aromatic nitrogens is 2. The lowest BCUT2D eigenvalue weighted by atomic mass is 9.97. The maximum atomic E-state index is 12.4. The third-order valence-corrected chi connectivity index (χ3v) is 4.96. The summed E-state index contributed by atoms with van der Waals surface area (Å²) in [7, 11) is 0. The third kappa shape index (κ3) is 4.19. The fourth-order valence-electron chi connectivity index (χ4n) is 3.18. The summed E-state index contributed by atoms with van der Waals surface area (Å²) in [6.45, 7) is 2.53. The summed E-state index contributed by atoms with van der Waals surface area (Å²) in [5.41, 5.74) is 1.68. The van der Waals surface area contributed by atoms with Gasteiger partial charge in [0.25, 0.3) is 0 Å². The molecule has 26 heavy (non-hydrogen) atoms. The fraction of sp³-hybridized carbons (Fsp3) is 0.450. The number of anilines is 1. The van der Waals surface area contributed by atoms with Gasteiger partial charge in [0.15, 0.2) is 0 Å². The van der Waals surface area contributed by atoms with Gasteiger partial charge in [0, 0.05) is 17.5 Å². The zero-order valence-electron chi connectivity index (χ0n) is 14.8. The Hall–Kier alpha value is -2.47. The number of para-hydroxylation sites is 1. The van der Waals surface area contributed by atoms with Crippen LogP contribution in [0.2, 0.25) is 0 Å². The molecular formula is C20H24N4O2. The first-order valence-corrected chi connectivity index (χ1v) is 9.35. The molecule has 0 bridgehead atoms. The quantitative estimate of drug-likeness (QED) is 0.836. The van der Waals surface area contributed by atoms with Gasteiger partial charge in [-0.15, -0.1) is 0 Å². The molecule has 1 saturated carbocycles. The molecule has 2 aromatic rings. The Labute approximate surface area is 153 Å². The summed E-state index contributed by atoms with van der Waals surface area (Å²) in [5.74, 6) is 2.13. The SMILES string of the molecule is O=C(Nc1cc(-c2ccccc2OCC2CC2)ncn1)C1CCNCC1. The zero-order valence-corrected chi connectivity index (χ0v) is 14.8. The molecule has 6 heteroatoms. The van der Waals surface area contributed by atoms with Gasteiger partial charge in [0.1, 0.15) is 17.9 Å². The van der Waals surface area contributed by atoms with E-state index in [0.717, 1.165) is 49.5 Å². The molecule has 0 radical (unpaired) electrons. The molecule has 2 aliphatic rings. The van der Waals surface area contributed by atoms with Crippen molar-refractivity contribution >= 4 is 11.7 Å². The number of hydrogen-bond acceptors (Lipinski definition) is 5. The molecule has 0 spiro atoms. The van der Waals surface area contributed by atoms with Gasteiger partial charge in [-0.1, -0.05) is 12.1 Å². The van der Waals surface area contributed by atoms with Gasteiger partial charge in [0.05, 0.1) is 12.3 Å². The van der Waals surface area contributed by atoms with E-state index >= 15 is 0 Å². The molecule has 4 rings (SSSR count). The number of piperidine rings is 1. The van der Waals surface area contributed by atoms with Crippen LogP contribution in [0.3, 0.4) is 0 Å². The molecule has 1 saturated heterocycles. The van der Waals surface area contributed by atoms with Crippen molar-refractivity contribution in [1.29, 1.82) is 0 Å². The number of carbonyl (C=O) groups is 1. The number of carbonyl (C=O) groups excluding carboxylic acids is 1. The molecule has 0 unspecified atom stereocenters. The predicted molar refractivity (Wildman–Crippen MR) is 99.9 cm³/mol. The van der Waals surface area contributed by atoms with Crippen LogP contribution in [0.4, 0.5) is 5.82 Å². The molecule has 2 fully saturated rings. The number of nitrogens with one attached hydrogen (secondary N) is 2. The molecule has 0 atom stereocenters. The van der Waals surface area contributed by atoms with Crippen molar-refractivity contribution in [3.63, 3.8) is 0 Å². The first-order valence-electron chi connectivity index (χ1n) is 9.35. The van der Waals surface area contributed by atoms with Gasteiger partial charge in [-0.25, -0.2) is 9.97 Å². The maximum absolute atomic E-state index is 12.4. The summed E-state index contributed by atoms with van der Waals surface area (Å²) in [5, 5.41) is 6.22. The first kappa shape index (κ1) is 17.0. The van der Waals surface area contributed by atoms with Gasteiger partial charge < -0.3 is 15.4 Å². The maximum Gasteiger partial charge on any atom is 0.228 e. The molecule has 1 aliphatic carbocycles. The lowest BCUT2D eigenvalue weighted by molar-refractivity contribution is -0.120. The average molecular weight is 352 g/mol. The Bertz CT molecular complexity index is 770. The van der Waals surface area contributed by atoms with E-state index in [4.69, 9.17) is 4.74 Å². The van der Waals surface area contributed by atoms with Crippen LogP contribution in [0.15, 0.2) is 36.7 Å². The third-order valence-electron chi connectivity index (χ3n) is 4.96. The molecule has 1 aromatic carbocycles. The number of benzene rings is 1. The largest absolute Gasteiger partial charge is 0.493 e. The van der Waals surface area contributed by atoms with E-state index in [1.165, 1.54) is 19.2 Å². The van der Waals surface area contributed by atoms with Gasteiger partial charge in [0.2, 0.25) is 5.91 Å². The monoisotopic (exact) mass is 352 g/mol. The van der Waals surface area contributed by atoms with E-state index < -0.39 is 0 Å². The number of amides is 1. The van der Waals surface area contributed by atoms with Crippen molar-refractivity contribution in [3.05, 3.63) is 36.7 Å². The molecule has 2 heterocycles. The number of hydrogen-bond donors (Lipinski definition) is 2. The van der Waals surface area contributed by atoms with Crippen LogP contribution in [0.5, 0.6) is 5.75 Å². The van der Waals surface area contributed by atoms with Crippen LogP contribution in [0.25, 0.3) is 11.3 Å². The van der Waals surface area contributed by atoms with Crippen LogP contribution in [0, 0.1) is 11.8 Å². The van der Waals surface area contributed by atoms with Crippen molar-refractivity contribution in [2.75, 3.05) is 25.0 Å². The molecule has 1 amide bonds. The average Bonchev–Trinajstić information content (AvgIpc) is 3.52. The van der Waals surface area contributed by atoms with Gasteiger partial charge in [-0.3, -0.25) is 4.79 Å². The van der Waals surface area contributed by atoms with Crippen LogP contribution in [0.1, 0.15) is 25.7 Å². The van der Waals surface area contributed by atoms with Crippen LogP contribution >= 0.6 is 0 Å². The summed E-state index contributed by atoms with van der Waals surface area (Å²) < 4.78 is 5.98. The molecule has 1 aromatic heterocycles. The molecule has 2 N–H and O–H groups in total. The van der Waals surface area contributed by atoms with Crippen molar-refractivity contribution in [3.8, 4) is 17.0 Å². The summed E-state index contributed by atoms with van der Waals surface area (Å²) in [6.07, 6.45) is 5.72. The number of ether oxygens (including phenoxy) is 1. The smallest absolute Gasteiger partial charge is 0.228 e. The molecule has 136 valence electrons. The highest BCUT2D eigenvalue weighted by molar-refractivity contribution is 5.92.